The van der Waals surface area contributed by atoms with Gasteiger partial charge in [-0.05, 0) is 36.4 Å². The molecule has 34 heavy (non-hydrogen) atoms. The fourth-order valence-electron chi connectivity index (χ4n) is 3.15. The number of benzene rings is 3. The summed E-state index contributed by atoms with van der Waals surface area (Å²) >= 11 is 1.06. The van der Waals surface area contributed by atoms with Gasteiger partial charge in [0.15, 0.2) is 16.8 Å². The van der Waals surface area contributed by atoms with Crippen LogP contribution in [0, 0.1) is 11.6 Å². The molecule has 0 unspecified atom stereocenters. The molecule has 0 aliphatic rings. The summed E-state index contributed by atoms with van der Waals surface area (Å²) < 4.78 is 27.7. The first-order valence-electron chi connectivity index (χ1n) is 10.1. The molecule has 0 radical (unpaired) electrons. The highest BCUT2D eigenvalue weighted by Gasteiger charge is 2.15. The monoisotopic (exact) mass is 480 g/mol. The highest BCUT2D eigenvalue weighted by atomic mass is 32.2. The quantitative estimate of drug-likeness (QED) is 0.312. The van der Waals surface area contributed by atoms with Gasteiger partial charge >= 0.3 is 0 Å². The van der Waals surface area contributed by atoms with Gasteiger partial charge in [-0.1, -0.05) is 42.1 Å². The summed E-state index contributed by atoms with van der Waals surface area (Å²) in [6.45, 7) is -0.366. The van der Waals surface area contributed by atoms with Crippen molar-refractivity contribution in [3.8, 4) is 5.69 Å². The number of hydrogen-bond donors (Lipinski definition) is 2. The molecule has 4 rings (SSSR count). The van der Waals surface area contributed by atoms with Crippen molar-refractivity contribution in [1.82, 2.24) is 14.9 Å². The van der Waals surface area contributed by atoms with Crippen LogP contribution in [0.15, 0.2) is 82.7 Å². The van der Waals surface area contributed by atoms with Crippen LogP contribution in [0.2, 0.25) is 0 Å². The number of thioether (sulfide) groups is 1. The summed E-state index contributed by atoms with van der Waals surface area (Å²) in [6.07, 6.45) is 0. The Morgan fingerprint density at radius 2 is 1.65 bits per heavy atom. The molecule has 0 fully saturated rings. The normalized spacial score (nSPS) is 10.8. The average Bonchev–Trinajstić information content (AvgIpc) is 2.84. The largest absolute Gasteiger partial charge is 0.346 e. The highest BCUT2D eigenvalue weighted by Crippen LogP contribution is 2.21. The lowest BCUT2D eigenvalue weighted by atomic mass is 10.2. The molecule has 0 bridgehead atoms. The molecule has 0 aliphatic carbocycles. The molecule has 2 N–H and O–H groups in total. The number of hydrogen-bond acceptors (Lipinski definition) is 5. The minimum atomic E-state index is -1.09. The van der Waals surface area contributed by atoms with Crippen molar-refractivity contribution < 1.29 is 18.4 Å². The zero-order valence-electron chi connectivity index (χ0n) is 17.6. The summed E-state index contributed by atoms with van der Waals surface area (Å²) in [7, 11) is 0. The van der Waals surface area contributed by atoms with Gasteiger partial charge in [-0.3, -0.25) is 19.0 Å². The second kappa shape index (κ2) is 10.3. The van der Waals surface area contributed by atoms with E-state index >= 15 is 0 Å². The maximum Gasteiger partial charge on any atom is 0.266 e. The van der Waals surface area contributed by atoms with E-state index in [1.165, 1.54) is 10.6 Å². The summed E-state index contributed by atoms with van der Waals surface area (Å²) in [5.74, 6) is -3.29. The maximum absolute atomic E-state index is 13.3. The van der Waals surface area contributed by atoms with E-state index in [1.54, 1.807) is 48.5 Å². The second-order valence-electron chi connectivity index (χ2n) is 7.13. The van der Waals surface area contributed by atoms with Gasteiger partial charge in [0.05, 0.1) is 28.9 Å². The van der Waals surface area contributed by atoms with Crippen LogP contribution in [0.5, 0.6) is 0 Å². The van der Waals surface area contributed by atoms with Gasteiger partial charge in [0.2, 0.25) is 11.8 Å². The molecule has 172 valence electrons. The smallest absolute Gasteiger partial charge is 0.266 e. The minimum absolute atomic E-state index is 0.0692. The Balaban J connectivity index is 1.44. The Hall–Kier alpha value is -4.05. The number of fused-ring (bicyclic) bond motifs is 1. The van der Waals surface area contributed by atoms with E-state index in [0.717, 1.165) is 23.9 Å². The predicted molar refractivity (Wildman–Crippen MR) is 126 cm³/mol. The van der Waals surface area contributed by atoms with E-state index < -0.39 is 23.4 Å². The van der Waals surface area contributed by atoms with Crippen molar-refractivity contribution >= 4 is 40.2 Å². The molecule has 4 aromatic rings. The number of para-hydroxylation sites is 2. The lowest BCUT2D eigenvalue weighted by Crippen LogP contribution is -2.34. The van der Waals surface area contributed by atoms with Gasteiger partial charge < -0.3 is 10.6 Å². The first-order chi connectivity index (χ1) is 16.4. The second-order valence-corrected chi connectivity index (χ2v) is 8.07. The molecule has 0 atom stereocenters. The Labute approximate surface area is 196 Å². The third kappa shape index (κ3) is 5.29. The van der Waals surface area contributed by atoms with Crippen LogP contribution in [0.25, 0.3) is 16.6 Å². The molecule has 0 spiro atoms. The summed E-state index contributed by atoms with van der Waals surface area (Å²) in [6, 6.07) is 18.8. The number of rotatable bonds is 7. The Kier molecular flexibility index (Phi) is 6.98. The van der Waals surface area contributed by atoms with Gasteiger partial charge in [-0.25, -0.2) is 13.8 Å². The fourth-order valence-corrected chi connectivity index (χ4v) is 4.00. The molecule has 7 nitrogen and oxygen atoms in total. The summed E-state index contributed by atoms with van der Waals surface area (Å²) in [5, 5.41) is 5.61. The highest BCUT2D eigenvalue weighted by molar-refractivity contribution is 7.99. The minimum Gasteiger partial charge on any atom is -0.346 e. The predicted octanol–water partition coefficient (Wildman–Crippen LogP) is 3.51. The summed E-state index contributed by atoms with van der Waals surface area (Å²) in [4.78, 5) is 42.0. The van der Waals surface area contributed by atoms with E-state index in [4.69, 9.17) is 0 Å². The Bertz CT molecular complexity index is 1430. The number of halogens is 2. The van der Waals surface area contributed by atoms with Gasteiger partial charge in [-0.15, -0.1) is 0 Å². The third-order valence-corrected chi connectivity index (χ3v) is 5.68. The van der Waals surface area contributed by atoms with Crippen LogP contribution in [-0.2, 0) is 9.59 Å². The number of anilines is 1. The molecule has 1 heterocycles. The lowest BCUT2D eigenvalue weighted by Gasteiger charge is -2.13. The standard InChI is InChI=1S/C24H18F2N4O3S/c25-18-11-10-15(12-19(18)26)28-21(31)13-27-22(32)14-34-24-29-20-9-5-4-8-17(20)23(33)30(24)16-6-2-1-3-7-16/h1-12H,13-14H2,(H,27,32)(H,28,31). The third-order valence-electron chi connectivity index (χ3n) is 4.74. The van der Waals surface area contributed by atoms with Gasteiger partial charge in [-0.2, -0.15) is 0 Å². The molecular weight excluding hydrogens is 462 g/mol. The van der Waals surface area contributed by atoms with E-state index in [9.17, 15) is 23.2 Å². The molecular formula is C24H18F2N4O3S. The van der Waals surface area contributed by atoms with Crippen LogP contribution in [-0.4, -0.2) is 33.7 Å². The van der Waals surface area contributed by atoms with Crippen LogP contribution < -0.4 is 16.2 Å². The molecule has 10 heteroatoms. The van der Waals surface area contributed by atoms with E-state index in [-0.39, 0.29) is 23.5 Å². The Morgan fingerprint density at radius 3 is 2.41 bits per heavy atom. The van der Waals surface area contributed by atoms with E-state index in [1.807, 2.05) is 6.07 Å². The van der Waals surface area contributed by atoms with E-state index in [0.29, 0.717) is 21.7 Å². The van der Waals surface area contributed by atoms with Crippen LogP contribution >= 0.6 is 11.8 Å². The molecule has 2 amide bonds. The zero-order valence-corrected chi connectivity index (χ0v) is 18.4. The van der Waals surface area contributed by atoms with Crippen molar-refractivity contribution in [3.63, 3.8) is 0 Å². The molecule has 0 saturated carbocycles. The first kappa shape index (κ1) is 23.1. The molecule has 0 aliphatic heterocycles. The van der Waals surface area contributed by atoms with Crippen molar-refractivity contribution in [3.05, 3.63) is 94.8 Å². The number of nitrogens with one attached hydrogen (secondary N) is 2. The van der Waals surface area contributed by atoms with Crippen LogP contribution in [0.3, 0.4) is 0 Å². The molecule has 0 saturated heterocycles. The number of nitrogens with zero attached hydrogens (tertiary/aromatic N) is 2. The maximum atomic E-state index is 13.3. The number of amides is 2. The molecule has 1 aromatic heterocycles. The lowest BCUT2D eigenvalue weighted by molar-refractivity contribution is -0.122. The Morgan fingerprint density at radius 1 is 0.912 bits per heavy atom. The number of carbonyl (C=O) groups excluding carboxylic acids is 2. The van der Waals surface area contributed by atoms with Gasteiger partial charge in [0.25, 0.3) is 5.56 Å². The van der Waals surface area contributed by atoms with Gasteiger partial charge in [0.1, 0.15) is 0 Å². The van der Waals surface area contributed by atoms with Gasteiger partial charge in [0, 0.05) is 11.8 Å². The van der Waals surface area contributed by atoms with Crippen molar-refractivity contribution in [2.45, 2.75) is 5.16 Å². The van der Waals surface area contributed by atoms with Crippen molar-refractivity contribution in [1.29, 1.82) is 0 Å². The van der Waals surface area contributed by atoms with Crippen molar-refractivity contribution in [2.24, 2.45) is 0 Å². The van der Waals surface area contributed by atoms with Crippen molar-refractivity contribution in [2.75, 3.05) is 17.6 Å². The summed E-state index contributed by atoms with van der Waals surface area (Å²) in [5.41, 5.74) is 0.929. The van der Waals surface area contributed by atoms with Crippen LogP contribution in [0.4, 0.5) is 14.5 Å². The zero-order chi connectivity index (χ0) is 24.1. The van der Waals surface area contributed by atoms with E-state index in [2.05, 4.69) is 15.6 Å². The molecule has 3 aromatic carbocycles. The van der Waals surface area contributed by atoms with Crippen LogP contribution in [0.1, 0.15) is 0 Å². The number of aromatic nitrogens is 2. The SMILES string of the molecule is O=C(CSc1nc2ccccc2c(=O)n1-c1ccccc1)NCC(=O)Nc1ccc(F)c(F)c1. The fraction of sp³-hybridized carbons (Fsp3) is 0.0833. The first-order valence-corrected chi connectivity index (χ1v) is 11.1. The topological polar surface area (TPSA) is 93.1 Å². The average molecular weight is 480 g/mol. The number of carbonyl (C=O) groups is 2.